The van der Waals surface area contributed by atoms with E-state index in [2.05, 4.69) is 24.9 Å². The first-order valence-corrected chi connectivity index (χ1v) is 2.97. The molecule has 1 heterocycles. The molecule has 0 aliphatic heterocycles. The normalized spacial score (nSPS) is 9.75. The maximum atomic E-state index is 3.16. The molecule has 0 saturated heterocycles. The molecule has 8 heavy (non-hydrogen) atoms. The highest BCUT2D eigenvalue weighted by Gasteiger charge is 1.87. The first-order chi connectivity index (χ1) is 3.83. The van der Waals surface area contributed by atoms with Gasteiger partial charge in [0.1, 0.15) is 0 Å². The Bertz CT molecular complexity index is 165. The van der Waals surface area contributed by atoms with Gasteiger partial charge in [0.05, 0.1) is 0 Å². The SMILES string of the molecule is CCc1cc(C)c[nH]1. The first-order valence-electron chi connectivity index (χ1n) is 2.97. The first kappa shape index (κ1) is 5.42. The van der Waals surface area contributed by atoms with E-state index in [1.807, 2.05) is 6.20 Å². The van der Waals surface area contributed by atoms with Crippen LogP contribution in [0.4, 0.5) is 0 Å². The van der Waals surface area contributed by atoms with Gasteiger partial charge < -0.3 is 4.98 Å². The van der Waals surface area contributed by atoms with Crippen LogP contribution < -0.4 is 0 Å². The van der Waals surface area contributed by atoms with Crippen molar-refractivity contribution < 1.29 is 0 Å². The predicted molar refractivity (Wildman–Crippen MR) is 34.9 cm³/mol. The number of aromatic amines is 1. The van der Waals surface area contributed by atoms with Crippen molar-refractivity contribution in [3.8, 4) is 0 Å². The van der Waals surface area contributed by atoms with Crippen molar-refractivity contribution in [3.63, 3.8) is 0 Å². The standard InChI is InChI=1S/C7H11N/c1-3-7-4-6(2)5-8-7/h4-5,8H,3H2,1-2H3. The molecule has 1 aromatic rings. The van der Waals surface area contributed by atoms with Crippen LogP contribution in [0.3, 0.4) is 0 Å². The molecule has 0 saturated carbocycles. The van der Waals surface area contributed by atoms with Gasteiger partial charge in [-0.2, -0.15) is 0 Å². The third-order valence-corrected chi connectivity index (χ3v) is 1.27. The average molecular weight is 109 g/mol. The smallest absolute Gasteiger partial charge is 0.0147 e. The van der Waals surface area contributed by atoms with Gasteiger partial charge in [-0.25, -0.2) is 0 Å². The van der Waals surface area contributed by atoms with Crippen LogP contribution in [0.5, 0.6) is 0 Å². The number of rotatable bonds is 1. The largest absolute Gasteiger partial charge is 0.365 e. The quantitative estimate of drug-likeness (QED) is 0.566. The lowest BCUT2D eigenvalue weighted by Gasteiger charge is -1.81. The number of hydrogen-bond donors (Lipinski definition) is 1. The number of H-pyrrole nitrogens is 1. The summed E-state index contributed by atoms with van der Waals surface area (Å²) < 4.78 is 0. The molecule has 0 radical (unpaired) electrons. The topological polar surface area (TPSA) is 15.8 Å². The summed E-state index contributed by atoms with van der Waals surface area (Å²) in [4.78, 5) is 3.16. The summed E-state index contributed by atoms with van der Waals surface area (Å²) in [5, 5.41) is 0. The zero-order chi connectivity index (χ0) is 5.98. The lowest BCUT2D eigenvalue weighted by Crippen LogP contribution is -1.73. The van der Waals surface area contributed by atoms with E-state index in [-0.39, 0.29) is 0 Å². The Balaban J connectivity index is 2.84. The molecule has 0 unspecified atom stereocenters. The number of aryl methyl sites for hydroxylation is 2. The van der Waals surface area contributed by atoms with Crippen LogP contribution in [0.1, 0.15) is 18.2 Å². The fourth-order valence-electron chi connectivity index (χ4n) is 0.769. The number of hydrogen-bond acceptors (Lipinski definition) is 0. The van der Waals surface area contributed by atoms with Crippen LogP contribution in [0.25, 0.3) is 0 Å². The highest BCUT2D eigenvalue weighted by Crippen LogP contribution is 2.00. The van der Waals surface area contributed by atoms with E-state index in [1.54, 1.807) is 0 Å². The Morgan fingerprint density at radius 3 is 2.62 bits per heavy atom. The zero-order valence-corrected chi connectivity index (χ0v) is 5.36. The summed E-state index contributed by atoms with van der Waals surface area (Å²) in [6.45, 7) is 4.24. The molecule has 1 heteroatoms. The van der Waals surface area contributed by atoms with E-state index >= 15 is 0 Å². The van der Waals surface area contributed by atoms with E-state index in [9.17, 15) is 0 Å². The fraction of sp³-hybridized carbons (Fsp3) is 0.429. The van der Waals surface area contributed by atoms with Gasteiger partial charge >= 0.3 is 0 Å². The summed E-state index contributed by atoms with van der Waals surface area (Å²) in [5.41, 5.74) is 2.64. The van der Waals surface area contributed by atoms with E-state index in [0.29, 0.717) is 0 Å². The third-order valence-electron chi connectivity index (χ3n) is 1.27. The lowest BCUT2D eigenvalue weighted by molar-refractivity contribution is 1.06. The molecular formula is C7H11N. The highest BCUT2D eigenvalue weighted by molar-refractivity contribution is 5.14. The van der Waals surface area contributed by atoms with Crippen LogP contribution >= 0.6 is 0 Å². The maximum absolute atomic E-state index is 3.16. The molecule has 0 amide bonds. The average Bonchev–Trinajstić information content (AvgIpc) is 2.14. The maximum Gasteiger partial charge on any atom is 0.0147 e. The minimum Gasteiger partial charge on any atom is -0.365 e. The predicted octanol–water partition coefficient (Wildman–Crippen LogP) is 1.89. The third kappa shape index (κ3) is 0.915. The Morgan fingerprint density at radius 1 is 1.62 bits per heavy atom. The van der Waals surface area contributed by atoms with E-state index in [0.717, 1.165) is 6.42 Å². The molecule has 44 valence electrons. The molecule has 0 bridgehead atoms. The Morgan fingerprint density at radius 2 is 2.38 bits per heavy atom. The second kappa shape index (κ2) is 2.03. The molecule has 0 aliphatic carbocycles. The molecule has 1 nitrogen and oxygen atoms in total. The monoisotopic (exact) mass is 109 g/mol. The molecule has 1 N–H and O–H groups in total. The Kier molecular flexibility index (Phi) is 1.38. The summed E-state index contributed by atoms with van der Waals surface area (Å²) in [6.07, 6.45) is 3.13. The zero-order valence-electron chi connectivity index (χ0n) is 5.36. The molecule has 0 fully saturated rings. The van der Waals surface area contributed by atoms with Crippen LogP contribution in [-0.2, 0) is 6.42 Å². The van der Waals surface area contributed by atoms with Gasteiger partial charge in [0.25, 0.3) is 0 Å². The summed E-state index contributed by atoms with van der Waals surface area (Å²) in [6, 6.07) is 2.17. The van der Waals surface area contributed by atoms with Crippen molar-refractivity contribution in [1.82, 2.24) is 4.98 Å². The van der Waals surface area contributed by atoms with Gasteiger partial charge in [-0.1, -0.05) is 6.92 Å². The number of nitrogens with one attached hydrogen (secondary N) is 1. The minimum atomic E-state index is 1.10. The van der Waals surface area contributed by atoms with Crippen molar-refractivity contribution in [2.24, 2.45) is 0 Å². The van der Waals surface area contributed by atoms with Crippen molar-refractivity contribution in [1.29, 1.82) is 0 Å². The van der Waals surface area contributed by atoms with Crippen LogP contribution in [-0.4, -0.2) is 4.98 Å². The van der Waals surface area contributed by atoms with Gasteiger partial charge in [-0.15, -0.1) is 0 Å². The highest BCUT2D eigenvalue weighted by atomic mass is 14.7. The lowest BCUT2D eigenvalue weighted by atomic mass is 10.3. The van der Waals surface area contributed by atoms with Crippen LogP contribution in [0, 0.1) is 6.92 Å². The molecular weight excluding hydrogens is 98.1 g/mol. The van der Waals surface area contributed by atoms with Crippen LogP contribution in [0.15, 0.2) is 12.3 Å². The van der Waals surface area contributed by atoms with Gasteiger partial charge in [0.15, 0.2) is 0 Å². The Labute approximate surface area is 49.7 Å². The van der Waals surface area contributed by atoms with Gasteiger partial charge in [0.2, 0.25) is 0 Å². The van der Waals surface area contributed by atoms with Crippen molar-refractivity contribution in [2.45, 2.75) is 20.3 Å². The summed E-state index contributed by atoms with van der Waals surface area (Å²) in [5.74, 6) is 0. The minimum absolute atomic E-state index is 1.10. The van der Waals surface area contributed by atoms with Gasteiger partial charge in [-0.3, -0.25) is 0 Å². The second-order valence-electron chi connectivity index (χ2n) is 2.06. The molecule has 0 aliphatic rings. The van der Waals surface area contributed by atoms with Crippen molar-refractivity contribution >= 4 is 0 Å². The van der Waals surface area contributed by atoms with Crippen LogP contribution in [0.2, 0.25) is 0 Å². The fourth-order valence-corrected chi connectivity index (χ4v) is 0.769. The van der Waals surface area contributed by atoms with Gasteiger partial charge in [0, 0.05) is 11.9 Å². The number of aromatic nitrogens is 1. The van der Waals surface area contributed by atoms with E-state index in [1.165, 1.54) is 11.3 Å². The molecule has 0 aromatic carbocycles. The van der Waals surface area contributed by atoms with Crippen molar-refractivity contribution in [2.75, 3.05) is 0 Å². The molecule has 0 atom stereocenters. The molecule has 1 aromatic heterocycles. The molecule has 0 spiro atoms. The molecule has 1 rings (SSSR count). The van der Waals surface area contributed by atoms with E-state index < -0.39 is 0 Å². The Hall–Kier alpha value is -0.720. The van der Waals surface area contributed by atoms with Gasteiger partial charge in [-0.05, 0) is 25.0 Å². The second-order valence-corrected chi connectivity index (χ2v) is 2.06. The van der Waals surface area contributed by atoms with E-state index in [4.69, 9.17) is 0 Å². The summed E-state index contributed by atoms with van der Waals surface area (Å²) >= 11 is 0. The summed E-state index contributed by atoms with van der Waals surface area (Å²) in [7, 11) is 0. The van der Waals surface area contributed by atoms with Crippen molar-refractivity contribution in [3.05, 3.63) is 23.5 Å².